The first kappa shape index (κ1) is 12.7. The lowest BCUT2D eigenvalue weighted by atomic mass is 9.58. The Hall–Kier alpha value is -0.350. The molecule has 0 bridgehead atoms. The van der Waals surface area contributed by atoms with E-state index in [2.05, 4.69) is 0 Å². The van der Waals surface area contributed by atoms with Gasteiger partial charge in [-0.3, -0.25) is 0 Å². The summed E-state index contributed by atoms with van der Waals surface area (Å²) in [7, 11) is 0. The molecule has 15 heavy (non-hydrogen) atoms. The third kappa shape index (κ3) is 2.11. The summed E-state index contributed by atoms with van der Waals surface area (Å²) < 4.78 is 63.5. The van der Waals surface area contributed by atoms with Gasteiger partial charge in [0.2, 0.25) is 5.92 Å². The molecule has 0 aromatic carbocycles. The van der Waals surface area contributed by atoms with Crippen molar-refractivity contribution in [2.45, 2.75) is 51.6 Å². The molecule has 0 radical (unpaired) electrons. The fourth-order valence-corrected chi connectivity index (χ4v) is 2.41. The van der Waals surface area contributed by atoms with E-state index in [-0.39, 0.29) is 0 Å². The summed E-state index contributed by atoms with van der Waals surface area (Å²) >= 11 is 0. The van der Waals surface area contributed by atoms with Crippen molar-refractivity contribution < 1.29 is 22.0 Å². The zero-order valence-electron chi connectivity index (χ0n) is 8.80. The van der Waals surface area contributed by atoms with Gasteiger partial charge < -0.3 is 0 Å². The second-order valence-corrected chi connectivity index (χ2v) is 4.55. The first-order valence-corrected chi connectivity index (χ1v) is 5.09. The molecular formula is C10H15F5. The topological polar surface area (TPSA) is 0 Å². The lowest BCUT2D eigenvalue weighted by molar-refractivity contribution is -0.326. The maximum Gasteiger partial charge on any atom is 0.395 e. The van der Waals surface area contributed by atoms with Crippen molar-refractivity contribution in [3.63, 3.8) is 0 Å². The smallest absolute Gasteiger partial charge is 0.207 e. The van der Waals surface area contributed by atoms with Crippen LogP contribution in [-0.4, -0.2) is 12.1 Å². The molecule has 0 aromatic rings. The molecule has 0 N–H and O–H groups in total. The minimum atomic E-state index is -4.51. The number of alkyl halides is 5. The number of rotatable bonds is 3. The van der Waals surface area contributed by atoms with Gasteiger partial charge in [0.25, 0.3) is 0 Å². The van der Waals surface area contributed by atoms with Crippen LogP contribution in [0.3, 0.4) is 0 Å². The predicted molar refractivity (Wildman–Crippen MR) is 46.7 cm³/mol. The molecular weight excluding hydrogens is 215 g/mol. The van der Waals surface area contributed by atoms with E-state index in [0.29, 0.717) is 12.8 Å². The molecule has 0 amide bonds. The Morgan fingerprint density at radius 1 is 1.20 bits per heavy atom. The molecule has 1 atom stereocenters. The van der Waals surface area contributed by atoms with Crippen LogP contribution in [0.2, 0.25) is 0 Å². The monoisotopic (exact) mass is 230 g/mol. The largest absolute Gasteiger partial charge is 0.395 e. The van der Waals surface area contributed by atoms with Crippen molar-refractivity contribution >= 4 is 0 Å². The summed E-state index contributed by atoms with van der Waals surface area (Å²) in [5.41, 5.74) is -2.15. The number of hydrogen-bond donors (Lipinski definition) is 0. The van der Waals surface area contributed by atoms with Crippen LogP contribution in [0, 0.1) is 11.3 Å². The van der Waals surface area contributed by atoms with E-state index >= 15 is 0 Å². The van der Waals surface area contributed by atoms with Crippen molar-refractivity contribution in [3.8, 4) is 0 Å². The molecule has 1 fully saturated rings. The van der Waals surface area contributed by atoms with Crippen LogP contribution in [0.5, 0.6) is 0 Å². The van der Waals surface area contributed by atoms with E-state index in [9.17, 15) is 22.0 Å². The normalized spacial score (nSPS) is 25.8. The quantitative estimate of drug-likeness (QED) is 0.630. The van der Waals surface area contributed by atoms with E-state index in [1.165, 1.54) is 6.92 Å². The van der Waals surface area contributed by atoms with Crippen LogP contribution >= 0.6 is 0 Å². The highest BCUT2D eigenvalue weighted by Crippen LogP contribution is 2.64. The van der Waals surface area contributed by atoms with Crippen LogP contribution < -0.4 is 0 Å². The second kappa shape index (κ2) is 3.59. The minimum absolute atomic E-state index is 0.343. The summed E-state index contributed by atoms with van der Waals surface area (Å²) in [6.45, 7) is 3.18. The molecule has 0 nitrogen and oxygen atoms in total. The maximum atomic E-state index is 12.7. The van der Waals surface area contributed by atoms with E-state index in [1.54, 1.807) is 6.92 Å². The zero-order valence-corrected chi connectivity index (χ0v) is 8.80. The molecule has 0 spiro atoms. The molecule has 0 aliphatic heterocycles. The highest BCUT2D eigenvalue weighted by atomic mass is 19.4. The molecule has 1 saturated carbocycles. The Balaban J connectivity index is 2.82. The molecule has 1 aliphatic carbocycles. The first-order chi connectivity index (χ1) is 6.65. The highest BCUT2D eigenvalue weighted by molar-refractivity contribution is 5.05. The van der Waals surface area contributed by atoms with Gasteiger partial charge in [-0.2, -0.15) is 13.2 Å². The van der Waals surface area contributed by atoms with Crippen molar-refractivity contribution in [1.82, 2.24) is 0 Å². The fourth-order valence-electron chi connectivity index (χ4n) is 2.41. The van der Waals surface area contributed by atoms with Gasteiger partial charge in [0.1, 0.15) is 0 Å². The van der Waals surface area contributed by atoms with Gasteiger partial charge in [-0.05, 0) is 5.92 Å². The Bertz CT molecular complexity index is 222. The van der Waals surface area contributed by atoms with Crippen molar-refractivity contribution in [3.05, 3.63) is 0 Å². The Labute approximate surface area is 85.8 Å². The number of hydrogen-bond acceptors (Lipinski definition) is 0. The Kier molecular flexibility index (Phi) is 3.05. The van der Waals surface area contributed by atoms with E-state index in [4.69, 9.17) is 0 Å². The van der Waals surface area contributed by atoms with Gasteiger partial charge in [0, 0.05) is 12.8 Å². The fraction of sp³-hybridized carbons (Fsp3) is 1.00. The van der Waals surface area contributed by atoms with Crippen molar-refractivity contribution in [2.24, 2.45) is 11.3 Å². The average molecular weight is 230 g/mol. The van der Waals surface area contributed by atoms with Gasteiger partial charge >= 0.3 is 6.18 Å². The maximum absolute atomic E-state index is 12.7. The standard InChI is InChI=1S/C10H15F5/c1-3-4-7(2)8(10(13,14)15)5-9(11,12)6-8/h7H,3-6H2,1-2H3. The molecule has 5 heteroatoms. The second-order valence-electron chi connectivity index (χ2n) is 4.55. The minimum Gasteiger partial charge on any atom is -0.207 e. The van der Waals surface area contributed by atoms with Crippen LogP contribution in [-0.2, 0) is 0 Å². The molecule has 90 valence electrons. The van der Waals surface area contributed by atoms with Crippen LogP contribution in [0.4, 0.5) is 22.0 Å². The summed E-state index contributed by atoms with van der Waals surface area (Å²) in [5.74, 6) is -3.85. The van der Waals surface area contributed by atoms with E-state index < -0.39 is 36.3 Å². The lowest BCUT2D eigenvalue weighted by Crippen LogP contribution is -2.58. The van der Waals surface area contributed by atoms with Crippen molar-refractivity contribution in [2.75, 3.05) is 0 Å². The summed E-state index contributed by atoms with van der Waals surface area (Å²) in [5, 5.41) is 0. The Morgan fingerprint density at radius 3 is 1.93 bits per heavy atom. The van der Waals surface area contributed by atoms with Crippen LogP contribution in [0.25, 0.3) is 0 Å². The molecule has 0 aromatic heterocycles. The summed E-state index contributed by atoms with van der Waals surface area (Å²) in [6, 6.07) is 0. The molecule has 1 rings (SSSR count). The first-order valence-electron chi connectivity index (χ1n) is 5.09. The van der Waals surface area contributed by atoms with Gasteiger partial charge in [-0.1, -0.05) is 26.7 Å². The average Bonchev–Trinajstić information content (AvgIpc) is 1.97. The molecule has 1 aliphatic rings. The van der Waals surface area contributed by atoms with Gasteiger partial charge in [0.05, 0.1) is 5.41 Å². The highest BCUT2D eigenvalue weighted by Gasteiger charge is 2.70. The van der Waals surface area contributed by atoms with Crippen LogP contribution in [0.15, 0.2) is 0 Å². The third-order valence-electron chi connectivity index (χ3n) is 3.38. The van der Waals surface area contributed by atoms with Gasteiger partial charge in [-0.15, -0.1) is 0 Å². The third-order valence-corrected chi connectivity index (χ3v) is 3.38. The lowest BCUT2D eigenvalue weighted by Gasteiger charge is -2.51. The van der Waals surface area contributed by atoms with E-state index in [1.807, 2.05) is 0 Å². The van der Waals surface area contributed by atoms with Gasteiger partial charge in [0.15, 0.2) is 0 Å². The predicted octanol–water partition coefficient (Wildman–Crippen LogP) is 4.40. The van der Waals surface area contributed by atoms with E-state index in [0.717, 1.165) is 0 Å². The summed E-state index contributed by atoms with van der Waals surface area (Å²) in [6.07, 6.45) is -5.65. The SMILES string of the molecule is CCCC(C)C1(C(F)(F)F)CC(F)(F)C1. The zero-order chi connectivity index (χ0) is 11.9. The number of halogens is 5. The molecule has 0 saturated heterocycles. The Morgan fingerprint density at radius 2 is 1.67 bits per heavy atom. The molecule has 1 unspecified atom stereocenters. The van der Waals surface area contributed by atoms with Crippen LogP contribution in [0.1, 0.15) is 39.5 Å². The summed E-state index contributed by atoms with van der Waals surface area (Å²) in [4.78, 5) is 0. The molecule has 0 heterocycles. The van der Waals surface area contributed by atoms with Crippen molar-refractivity contribution in [1.29, 1.82) is 0 Å². The van der Waals surface area contributed by atoms with Gasteiger partial charge in [-0.25, -0.2) is 8.78 Å².